The van der Waals surface area contributed by atoms with Gasteiger partial charge in [0.1, 0.15) is 12.6 Å². The van der Waals surface area contributed by atoms with Gasteiger partial charge in [-0.05, 0) is 6.42 Å². The standard InChI is InChI=1S/C9H19N2/c1-5-8-7-10(3)9(6-2)11(8)4/h8H,5-7H2,1-4H3/q+1. The quantitative estimate of drug-likeness (QED) is 0.542. The van der Waals surface area contributed by atoms with Crippen molar-refractivity contribution in [2.45, 2.75) is 32.7 Å². The molecule has 1 heterocycles. The van der Waals surface area contributed by atoms with E-state index in [0.29, 0.717) is 0 Å². The van der Waals surface area contributed by atoms with E-state index in [-0.39, 0.29) is 0 Å². The molecule has 1 unspecified atom stereocenters. The van der Waals surface area contributed by atoms with Gasteiger partial charge >= 0.3 is 0 Å². The molecule has 0 spiro atoms. The van der Waals surface area contributed by atoms with Crippen LogP contribution in [0.1, 0.15) is 26.7 Å². The smallest absolute Gasteiger partial charge is 0.246 e. The highest BCUT2D eigenvalue weighted by atomic mass is 15.3. The average Bonchev–Trinajstić information content (AvgIpc) is 2.26. The lowest BCUT2D eigenvalue weighted by molar-refractivity contribution is -0.491. The summed E-state index contributed by atoms with van der Waals surface area (Å²) in [7, 11) is 4.39. The summed E-state index contributed by atoms with van der Waals surface area (Å²) in [5.41, 5.74) is 0. The zero-order valence-corrected chi connectivity index (χ0v) is 8.09. The molecule has 0 aliphatic carbocycles. The lowest BCUT2D eigenvalue weighted by Gasteiger charge is -2.12. The molecule has 0 radical (unpaired) electrons. The summed E-state index contributed by atoms with van der Waals surface area (Å²) in [6.07, 6.45) is 2.41. The van der Waals surface area contributed by atoms with Crippen molar-refractivity contribution in [2.75, 3.05) is 20.6 Å². The molecule has 1 rings (SSSR count). The molecule has 2 nitrogen and oxygen atoms in total. The van der Waals surface area contributed by atoms with Crippen LogP contribution < -0.4 is 0 Å². The van der Waals surface area contributed by atoms with Crippen molar-refractivity contribution in [2.24, 2.45) is 0 Å². The lowest BCUT2D eigenvalue weighted by atomic mass is 10.2. The van der Waals surface area contributed by atoms with Gasteiger partial charge in [-0.15, -0.1) is 0 Å². The molecule has 0 fully saturated rings. The minimum absolute atomic E-state index is 0.745. The SMILES string of the molecule is CCC1=[N+](C)CC(CC)N1C. The monoisotopic (exact) mass is 155 g/mol. The van der Waals surface area contributed by atoms with Gasteiger partial charge in [-0.25, -0.2) is 0 Å². The molecule has 64 valence electrons. The van der Waals surface area contributed by atoms with Crippen molar-refractivity contribution in [1.29, 1.82) is 0 Å². The highest BCUT2D eigenvalue weighted by molar-refractivity contribution is 5.78. The molecular formula is C9H19N2+. The predicted molar refractivity (Wildman–Crippen MR) is 48.2 cm³/mol. The zero-order valence-electron chi connectivity index (χ0n) is 8.09. The third-order valence-electron chi connectivity index (χ3n) is 2.67. The Morgan fingerprint density at radius 2 is 2.18 bits per heavy atom. The van der Waals surface area contributed by atoms with Gasteiger partial charge in [0.25, 0.3) is 0 Å². The Hall–Kier alpha value is -0.530. The summed E-state index contributed by atoms with van der Waals surface area (Å²) >= 11 is 0. The van der Waals surface area contributed by atoms with E-state index >= 15 is 0 Å². The molecule has 0 bridgehead atoms. The molecule has 0 N–H and O–H groups in total. The summed E-state index contributed by atoms with van der Waals surface area (Å²) in [6, 6.07) is 0.745. The Bertz CT molecular complexity index is 172. The second-order valence-corrected chi connectivity index (χ2v) is 3.32. The molecule has 0 aromatic carbocycles. The Labute approximate surface area is 69.5 Å². The summed E-state index contributed by atoms with van der Waals surface area (Å²) in [5, 5.41) is 0. The molecule has 1 aliphatic rings. The first kappa shape index (κ1) is 8.57. The summed E-state index contributed by atoms with van der Waals surface area (Å²) < 4.78 is 2.37. The van der Waals surface area contributed by atoms with Crippen LogP contribution in [0.2, 0.25) is 0 Å². The highest BCUT2D eigenvalue weighted by Crippen LogP contribution is 2.11. The number of hydrogen-bond acceptors (Lipinski definition) is 1. The van der Waals surface area contributed by atoms with Gasteiger partial charge in [-0.2, -0.15) is 0 Å². The van der Waals surface area contributed by atoms with E-state index < -0.39 is 0 Å². The van der Waals surface area contributed by atoms with Gasteiger partial charge < -0.3 is 0 Å². The minimum Gasteiger partial charge on any atom is -0.264 e. The topological polar surface area (TPSA) is 6.25 Å². The summed E-state index contributed by atoms with van der Waals surface area (Å²) in [6.45, 7) is 5.68. The van der Waals surface area contributed by atoms with E-state index in [1.54, 1.807) is 0 Å². The van der Waals surface area contributed by atoms with Gasteiger partial charge in [0.05, 0.1) is 14.1 Å². The first-order valence-electron chi connectivity index (χ1n) is 4.50. The van der Waals surface area contributed by atoms with Gasteiger partial charge in [0, 0.05) is 6.42 Å². The molecule has 0 saturated heterocycles. The number of hydrogen-bond donors (Lipinski definition) is 0. The van der Waals surface area contributed by atoms with Crippen LogP contribution in [0, 0.1) is 0 Å². The van der Waals surface area contributed by atoms with Crippen LogP contribution in [0.4, 0.5) is 0 Å². The number of amidine groups is 1. The van der Waals surface area contributed by atoms with Crippen molar-refractivity contribution in [3.63, 3.8) is 0 Å². The fraction of sp³-hybridized carbons (Fsp3) is 0.889. The minimum atomic E-state index is 0.745. The van der Waals surface area contributed by atoms with Gasteiger partial charge in [0.15, 0.2) is 0 Å². The van der Waals surface area contributed by atoms with Crippen LogP contribution >= 0.6 is 0 Å². The Morgan fingerprint density at radius 1 is 1.55 bits per heavy atom. The maximum Gasteiger partial charge on any atom is 0.246 e. The second-order valence-electron chi connectivity index (χ2n) is 3.32. The van der Waals surface area contributed by atoms with Crippen LogP contribution in [0.15, 0.2) is 0 Å². The first-order valence-corrected chi connectivity index (χ1v) is 4.50. The lowest BCUT2D eigenvalue weighted by Crippen LogP contribution is -2.31. The average molecular weight is 155 g/mol. The second kappa shape index (κ2) is 3.24. The van der Waals surface area contributed by atoms with Crippen molar-refractivity contribution < 1.29 is 4.58 Å². The molecular weight excluding hydrogens is 136 g/mol. The van der Waals surface area contributed by atoms with Crippen molar-refractivity contribution in [3.8, 4) is 0 Å². The van der Waals surface area contributed by atoms with Crippen LogP contribution in [0.5, 0.6) is 0 Å². The summed E-state index contributed by atoms with van der Waals surface area (Å²) in [5.74, 6) is 1.48. The molecule has 0 aromatic rings. The van der Waals surface area contributed by atoms with Crippen LogP contribution in [-0.2, 0) is 0 Å². The Morgan fingerprint density at radius 3 is 2.45 bits per heavy atom. The third-order valence-corrected chi connectivity index (χ3v) is 2.67. The molecule has 0 saturated carbocycles. The predicted octanol–water partition coefficient (Wildman–Crippen LogP) is 1.16. The number of nitrogens with zero attached hydrogens (tertiary/aromatic N) is 2. The van der Waals surface area contributed by atoms with Crippen LogP contribution in [0.3, 0.4) is 0 Å². The fourth-order valence-electron chi connectivity index (χ4n) is 1.95. The normalized spacial score (nSPS) is 25.1. The number of rotatable bonds is 2. The summed E-state index contributed by atoms with van der Waals surface area (Å²) in [4.78, 5) is 2.42. The molecule has 0 aromatic heterocycles. The molecule has 11 heavy (non-hydrogen) atoms. The van der Waals surface area contributed by atoms with Gasteiger partial charge in [-0.1, -0.05) is 13.8 Å². The van der Waals surface area contributed by atoms with Crippen molar-refractivity contribution in [3.05, 3.63) is 0 Å². The highest BCUT2D eigenvalue weighted by Gasteiger charge is 2.31. The third kappa shape index (κ3) is 1.39. The van der Waals surface area contributed by atoms with E-state index in [9.17, 15) is 0 Å². The van der Waals surface area contributed by atoms with E-state index in [0.717, 1.165) is 12.5 Å². The van der Waals surface area contributed by atoms with Crippen molar-refractivity contribution in [1.82, 2.24) is 4.90 Å². The van der Waals surface area contributed by atoms with Crippen LogP contribution in [0.25, 0.3) is 0 Å². The van der Waals surface area contributed by atoms with E-state index in [4.69, 9.17) is 0 Å². The van der Waals surface area contributed by atoms with Gasteiger partial charge in [-0.3, -0.25) is 9.48 Å². The van der Waals surface area contributed by atoms with E-state index in [2.05, 4.69) is 37.4 Å². The van der Waals surface area contributed by atoms with E-state index in [1.807, 2.05) is 0 Å². The molecule has 0 amide bonds. The molecule has 2 heteroatoms. The Kier molecular flexibility index (Phi) is 2.53. The zero-order chi connectivity index (χ0) is 8.43. The molecule has 1 atom stereocenters. The van der Waals surface area contributed by atoms with Gasteiger partial charge in [0.2, 0.25) is 5.84 Å². The van der Waals surface area contributed by atoms with E-state index in [1.165, 1.54) is 18.8 Å². The van der Waals surface area contributed by atoms with Crippen LogP contribution in [-0.4, -0.2) is 42.0 Å². The number of likely N-dealkylation sites (N-methyl/N-ethyl adjacent to an activating group) is 2. The largest absolute Gasteiger partial charge is 0.264 e. The Balaban J connectivity index is 2.69. The first-order chi connectivity index (χ1) is 5.20. The fourth-order valence-corrected chi connectivity index (χ4v) is 1.95. The maximum atomic E-state index is 2.42. The maximum absolute atomic E-state index is 2.42. The molecule has 1 aliphatic heterocycles. The van der Waals surface area contributed by atoms with Crippen molar-refractivity contribution >= 4 is 5.84 Å².